The van der Waals surface area contributed by atoms with Gasteiger partial charge in [0.15, 0.2) is 5.65 Å². The number of methoxy groups -OCH3 is 1. The van der Waals surface area contributed by atoms with Crippen LogP contribution in [0.2, 0.25) is 0 Å². The highest BCUT2D eigenvalue weighted by Crippen LogP contribution is 2.38. The predicted molar refractivity (Wildman–Crippen MR) is 171 cm³/mol. The Morgan fingerprint density at radius 1 is 0.930 bits per heavy atom. The Hall–Kier alpha value is -3.55. The van der Waals surface area contributed by atoms with Gasteiger partial charge in [0, 0.05) is 60.1 Å². The number of H-pyrrole nitrogens is 1. The number of fused-ring (bicyclic) bond motifs is 2. The summed E-state index contributed by atoms with van der Waals surface area (Å²) in [4.78, 5) is 22.6. The predicted octanol–water partition coefficient (Wildman–Crippen LogP) is 6.66. The van der Waals surface area contributed by atoms with Crippen LogP contribution in [0.25, 0.3) is 33.4 Å². The van der Waals surface area contributed by atoms with E-state index in [1.54, 1.807) is 7.11 Å². The quantitative estimate of drug-likeness (QED) is 0.268. The third kappa shape index (κ3) is 5.38. The summed E-state index contributed by atoms with van der Waals surface area (Å²) in [5, 5.41) is 8.72. The van der Waals surface area contributed by atoms with E-state index in [2.05, 4.69) is 53.2 Å². The van der Waals surface area contributed by atoms with Gasteiger partial charge in [-0.05, 0) is 107 Å². The van der Waals surface area contributed by atoms with E-state index in [4.69, 9.17) is 9.72 Å². The third-order valence-corrected chi connectivity index (χ3v) is 10.5. The Bertz CT molecular complexity index is 1620. The zero-order chi connectivity index (χ0) is 29.6. The molecule has 1 amide bonds. The van der Waals surface area contributed by atoms with Gasteiger partial charge in [0.1, 0.15) is 5.69 Å². The summed E-state index contributed by atoms with van der Waals surface area (Å²) in [7, 11) is 1.75. The topological polar surface area (TPSA) is 74.3 Å². The maximum Gasteiger partial charge on any atom is 0.253 e. The van der Waals surface area contributed by atoms with Crippen molar-refractivity contribution in [3.8, 4) is 22.4 Å². The lowest BCUT2D eigenvalue weighted by atomic mass is 9.89. The van der Waals surface area contributed by atoms with Crippen molar-refractivity contribution in [2.24, 2.45) is 0 Å². The number of carbonyl (C=O) groups excluding carboxylic acids is 1. The number of hydrogen-bond donors (Lipinski definition) is 1. The highest BCUT2D eigenvalue weighted by Gasteiger charge is 2.38. The number of aromatic amines is 1. The van der Waals surface area contributed by atoms with Crippen LogP contribution in [-0.2, 0) is 17.6 Å². The molecule has 2 aromatic heterocycles. The Morgan fingerprint density at radius 2 is 1.67 bits per heavy atom. The molecule has 1 aliphatic carbocycles. The van der Waals surface area contributed by atoms with Crippen LogP contribution in [0, 0.1) is 0 Å². The molecular formula is C36H43N5O2. The van der Waals surface area contributed by atoms with Crippen molar-refractivity contribution in [1.29, 1.82) is 0 Å². The lowest BCUT2D eigenvalue weighted by Crippen LogP contribution is -2.48. The summed E-state index contributed by atoms with van der Waals surface area (Å²) in [6.45, 7) is 7.61. The Kier molecular flexibility index (Phi) is 7.56. The summed E-state index contributed by atoms with van der Waals surface area (Å²) < 4.78 is 5.46. The van der Waals surface area contributed by atoms with E-state index in [0.29, 0.717) is 11.6 Å². The fourth-order valence-corrected chi connectivity index (χ4v) is 7.77. The van der Waals surface area contributed by atoms with Crippen LogP contribution in [0.3, 0.4) is 0 Å². The van der Waals surface area contributed by atoms with Crippen LogP contribution < -0.4 is 0 Å². The molecule has 7 nitrogen and oxygen atoms in total. The molecule has 0 bridgehead atoms. The molecule has 0 spiro atoms. The molecule has 2 aromatic carbocycles. The number of amides is 1. The Balaban J connectivity index is 1.11. The van der Waals surface area contributed by atoms with Gasteiger partial charge in [0.2, 0.25) is 0 Å². The van der Waals surface area contributed by atoms with Crippen LogP contribution in [0.5, 0.6) is 0 Å². The molecule has 0 saturated carbocycles. The number of piperidine rings is 1. The van der Waals surface area contributed by atoms with Gasteiger partial charge in [0.05, 0.1) is 6.10 Å². The minimum atomic E-state index is 0.0791. The van der Waals surface area contributed by atoms with Crippen molar-refractivity contribution >= 4 is 16.9 Å². The Morgan fingerprint density at radius 3 is 2.40 bits per heavy atom. The van der Waals surface area contributed by atoms with Gasteiger partial charge in [0.25, 0.3) is 5.91 Å². The first kappa shape index (κ1) is 28.2. The SMILES string of the molecule is COC1CCN(C(=O)c2ccc(-c3n[nH]c4ncc(-c5ccc6c(c5)CCC(C)(N5CCC[C@H]5C)CC6)cc34)cc2)CC1. The second kappa shape index (κ2) is 11.5. The van der Waals surface area contributed by atoms with Gasteiger partial charge in [-0.25, -0.2) is 4.98 Å². The molecule has 3 aliphatic rings. The molecule has 7 rings (SSSR count). The molecule has 7 heteroatoms. The third-order valence-electron chi connectivity index (χ3n) is 10.5. The smallest absolute Gasteiger partial charge is 0.253 e. The van der Waals surface area contributed by atoms with Crippen molar-refractivity contribution in [1.82, 2.24) is 25.0 Å². The van der Waals surface area contributed by atoms with E-state index in [1.165, 1.54) is 48.9 Å². The number of likely N-dealkylation sites (tertiary alicyclic amines) is 2. The van der Waals surface area contributed by atoms with E-state index in [1.807, 2.05) is 35.4 Å². The first-order valence-electron chi connectivity index (χ1n) is 16.1. The summed E-state index contributed by atoms with van der Waals surface area (Å²) in [5.41, 5.74) is 8.86. The normalized spacial score (nSPS) is 23.4. The number of rotatable bonds is 5. The molecule has 0 radical (unpaired) electrons. The number of nitrogens with zero attached hydrogens (tertiary/aromatic N) is 4. The number of benzene rings is 2. The molecule has 4 aromatic rings. The largest absolute Gasteiger partial charge is 0.381 e. The summed E-state index contributed by atoms with van der Waals surface area (Å²) in [6, 6.07) is 17.7. The van der Waals surface area contributed by atoms with E-state index < -0.39 is 0 Å². The fraction of sp³-hybridized carbons (Fsp3) is 0.472. The lowest BCUT2D eigenvalue weighted by molar-refractivity contribution is 0.0351. The lowest BCUT2D eigenvalue weighted by Gasteiger charge is -2.41. The second-order valence-corrected chi connectivity index (χ2v) is 13.2. The summed E-state index contributed by atoms with van der Waals surface area (Å²) >= 11 is 0. The van der Waals surface area contributed by atoms with Gasteiger partial charge in [-0.1, -0.05) is 30.3 Å². The fourth-order valence-electron chi connectivity index (χ4n) is 7.77. The molecule has 1 N–H and O–H groups in total. The molecule has 2 aliphatic heterocycles. The average Bonchev–Trinajstić information content (AvgIpc) is 3.64. The zero-order valence-corrected chi connectivity index (χ0v) is 25.7. The second-order valence-electron chi connectivity index (χ2n) is 13.2. The molecule has 43 heavy (non-hydrogen) atoms. The molecule has 2 saturated heterocycles. The number of ether oxygens (including phenoxy) is 1. The van der Waals surface area contributed by atoms with Gasteiger partial charge in [-0.3, -0.25) is 14.8 Å². The summed E-state index contributed by atoms with van der Waals surface area (Å²) in [5.74, 6) is 0.0791. The van der Waals surface area contributed by atoms with Crippen LogP contribution in [0.15, 0.2) is 54.7 Å². The maximum atomic E-state index is 13.1. The molecular weight excluding hydrogens is 534 g/mol. The van der Waals surface area contributed by atoms with Crippen LogP contribution in [0.4, 0.5) is 0 Å². The minimum absolute atomic E-state index is 0.0791. The minimum Gasteiger partial charge on any atom is -0.381 e. The van der Waals surface area contributed by atoms with E-state index in [9.17, 15) is 4.79 Å². The van der Waals surface area contributed by atoms with E-state index in [-0.39, 0.29) is 17.6 Å². The van der Waals surface area contributed by atoms with E-state index >= 15 is 0 Å². The molecule has 2 atom stereocenters. The van der Waals surface area contributed by atoms with Gasteiger partial charge in [-0.2, -0.15) is 5.10 Å². The number of carbonyl (C=O) groups is 1. The van der Waals surface area contributed by atoms with Crippen molar-refractivity contribution in [3.05, 3.63) is 71.4 Å². The molecule has 2 fully saturated rings. The highest BCUT2D eigenvalue weighted by atomic mass is 16.5. The Labute approximate surface area is 254 Å². The first-order valence-corrected chi connectivity index (χ1v) is 16.1. The standard InChI is InChI=1S/C36H43N5O2/c1-24-5-4-18-41(24)36(2)16-12-25-6-11-28(21-29(25)13-17-36)30-22-32-33(38-39-34(32)37-23-30)26-7-9-27(10-8-26)35(42)40-19-14-31(43-3)15-20-40/h6-11,21-24,31H,4-5,12-20H2,1-3H3,(H,37,38,39)/t24-,36?/m1/s1. The number of hydrogen-bond acceptors (Lipinski definition) is 5. The van der Waals surface area contributed by atoms with Crippen molar-refractivity contribution in [2.75, 3.05) is 26.7 Å². The van der Waals surface area contributed by atoms with Crippen LogP contribution >= 0.6 is 0 Å². The van der Waals surface area contributed by atoms with Crippen LogP contribution in [-0.4, -0.2) is 75.3 Å². The number of aromatic nitrogens is 3. The highest BCUT2D eigenvalue weighted by molar-refractivity contribution is 5.96. The van der Waals surface area contributed by atoms with Crippen LogP contribution in [0.1, 0.15) is 73.9 Å². The molecule has 224 valence electrons. The average molecular weight is 578 g/mol. The maximum absolute atomic E-state index is 13.1. The number of aryl methyl sites for hydroxylation is 2. The van der Waals surface area contributed by atoms with Gasteiger partial charge >= 0.3 is 0 Å². The molecule has 4 heterocycles. The number of nitrogens with one attached hydrogen (secondary N) is 1. The first-order chi connectivity index (χ1) is 20.9. The summed E-state index contributed by atoms with van der Waals surface area (Å²) in [6.07, 6.45) is 11.3. The van der Waals surface area contributed by atoms with Gasteiger partial charge < -0.3 is 9.64 Å². The monoisotopic (exact) mass is 577 g/mol. The van der Waals surface area contributed by atoms with Crippen molar-refractivity contribution < 1.29 is 9.53 Å². The molecule has 1 unspecified atom stereocenters. The van der Waals surface area contributed by atoms with Gasteiger partial charge in [-0.15, -0.1) is 0 Å². The van der Waals surface area contributed by atoms with Crippen molar-refractivity contribution in [3.63, 3.8) is 0 Å². The van der Waals surface area contributed by atoms with Crippen molar-refractivity contribution in [2.45, 2.75) is 82.9 Å². The number of pyridine rings is 1. The zero-order valence-electron chi connectivity index (χ0n) is 25.7. The van der Waals surface area contributed by atoms with E-state index in [0.717, 1.165) is 66.6 Å².